The van der Waals surface area contributed by atoms with Crippen molar-refractivity contribution in [1.82, 2.24) is 15.0 Å². The summed E-state index contributed by atoms with van der Waals surface area (Å²) < 4.78 is 0. The molecule has 1 heterocycles. The molecule has 92 valence electrons. The Morgan fingerprint density at radius 1 is 1.17 bits per heavy atom. The summed E-state index contributed by atoms with van der Waals surface area (Å²) in [5.41, 5.74) is 11.9. The van der Waals surface area contributed by atoms with Gasteiger partial charge in [0.15, 0.2) is 5.82 Å². The average molecular weight is 246 g/mol. The summed E-state index contributed by atoms with van der Waals surface area (Å²) >= 11 is 0. The lowest BCUT2D eigenvalue weighted by Gasteiger charge is -2.03. The highest BCUT2D eigenvalue weighted by atomic mass is 16.6. The summed E-state index contributed by atoms with van der Waals surface area (Å²) in [6.45, 7) is 1.65. The van der Waals surface area contributed by atoms with Gasteiger partial charge < -0.3 is 11.5 Å². The summed E-state index contributed by atoms with van der Waals surface area (Å²) in [6.07, 6.45) is 0. The zero-order valence-corrected chi connectivity index (χ0v) is 9.49. The van der Waals surface area contributed by atoms with Gasteiger partial charge in [-0.05, 0) is 6.92 Å². The topological polar surface area (TPSA) is 134 Å². The molecular weight excluding hydrogens is 236 g/mol. The Bertz CT molecular complexity index is 608. The third-order valence-electron chi connectivity index (χ3n) is 2.33. The van der Waals surface area contributed by atoms with Crippen molar-refractivity contribution in [3.8, 4) is 11.4 Å². The van der Waals surface area contributed by atoms with Gasteiger partial charge in [0, 0.05) is 17.2 Å². The minimum atomic E-state index is -0.466. The predicted molar refractivity (Wildman–Crippen MR) is 65.5 cm³/mol. The van der Waals surface area contributed by atoms with E-state index in [2.05, 4.69) is 15.0 Å². The third kappa shape index (κ3) is 2.17. The molecule has 4 N–H and O–H groups in total. The molecular formula is C10H10N6O2. The Kier molecular flexibility index (Phi) is 2.76. The first-order valence-corrected chi connectivity index (χ1v) is 5.00. The fourth-order valence-corrected chi connectivity index (χ4v) is 1.48. The van der Waals surface area contributed by atoms with E-state index in [-0.39, 0.29) is 23.4 Å². The predicted octanol–water partition coefficient (Wildman–Crippen LogP) is 0.920. The van der Waals surface area contributed by atoms with Crippen molar-refractivity contribution in [2.45, 2.75) is 6.92 Å². The standard InChI is InChI=1S/C10H10N6O2/c1-5-2-3-6(4-7(5)16(17)18)8-13-9(11)15-10(12)14-8/h2-4H,1H3,(H4,11,12,13,14,15). The highest BCUT2D eigenvalue weighted by Crippen LogP contribution is 2.25. The molecule has 0 aliphatic carbocycles. The first kappa shape index (κ1) is 11.7. The van der Waals surface area contributed by atoms with Gasteiger partial charge in [-0.2, -0.15) is 15.0 Å². The normalized spacial score (nSPS) is 10.3. The van der Waals surface area contributed by atoms with Gasteiger partial charge in [0.2, 0.25) is 11.9 Å². The number of anilines is 2. The molecule has 0 unspecified atom stereocenters. The third-order valence-corrected chi connectivity index (χ3v) is 2.33. The molecule has 0 fully saturated rings. The van der Waals surface area contributed by atoms with Gasteiger partial charge in [-0.3, -0.25) is 10.1 Å². The number of hydrogen-bond donors (Lipinski definition) is 2. The number of nitrogens with zero attached hydrogens (tertiary/aromatic N) is 4. The fraction of sp³-hybridized carbons (Fsp3) is 0.100. The van der Waals surface area contributed by atoms with Crippen molar-refractivity contribution in [2.24, 2.45) is 0 Å². The number of benzene rings is 1. The van der Waals surface area contributed by atoms with Crippen LogP contribution in [0.15, 0.2) is 18.2 Å². The molecule has 1 aromatic carbocycles. The van der Waals surface area contributed by atoms with Crippen LogP contribution in [-0.4, -0.2) is 19.9 Å². The van der Waals surface area contributed by atoms with Crippen LogP contribution in [0, 0.1) is 17.0 Å². The number of nitrogen functional groups attached to an aromatic ring is 2. The lowest BCUT2D eigenvalue weighted by atomic mass is 10.1. The summed E-state index contributed by atoms with van der Waals surface area (Å²) in [7, 11) is 0. The molecule has 0 saturated heterocycles. The summed E-state index contributed by atoms with van der Waals surface area (Å²) in [6, 6.07) is 4.66. The second kappa shape index (κ2) is 4.24. The molecule has 1 aromatic heterocycles. The molecule has 8 nitrogen and oxygen atoms in total. The van der Waals surface area contributed by atoms with Gasteiger partial charge in [0.05, 0.1) is 4.92 Å². The molecule has 0 aliphatic rings. The second-order valence-corrected chi connectivity index (χ2v) is 3.63. The van der Waals surface area contributed by atoms with E-state index in [0.29, 0.717) is 11.1 Å². The zero-order valence-electron chi connectivity index (χ0n) is 9.49. The highest BCUT2D eigenvalue weighted by molar-refractivity contribution is 5.62. The van der Waals surface area contributed by atoms with Gasteiger partial charge in [-0.15, -0.1) is 0 Å². The van der Waals surface area contributed by atoms with Crippen molar-refractivity contribution in [2.75, 3.05) is 11.5 Å². The largest absolute Gasteiger partial charge is 0.368 e. The summed E-state index contributed by atoms with van der Waals surface area (Å²) in [4.78, 5) is 21.8. The monoisotopic (exact) mass is 246 g/mol. The van der Waals surface area contributed by atoms with Crippen LogP contribution in [0.2, 0.25) is 0 Å². The molecule has 0 radical (unpaired) electrons. The quantitative estimate of drug-likeness (QED) is 0.594. The van der Waals surface area contributed by atoms with Crippen LogP contribution < -0.4 is 11.5 Å². The Labute approximate surface area is 102 Å². The molecule has 0 bridgehead atoms. The van der Waals surface area contributed by atoms with Gasteiger partial charge in [0.25, 0.3) is 5.69 Å². The molecule has 2 aromatic rings. The van der Waals surface area contributed by atoms with E-state index in [1.807, 2.05) is 0 Å². The maximum atomic E-state index is 10.8. The SMILES string of the molecule is Cc1ccc(-c2nc(N)nc(N)n2)cc1[N+](=O)[O-]. The number of rotatable bonds is 2. The van der Waals surface area contributed by atoms with Crippen LogP contribution >= 0.6 is 0 Å². The number of aromatic nitrogens is 3. The molecule has 0 saturated carbocycles. The first-order valence-electron chi connectivity index (χ1n) is 5.00. The van der Waals surface area contributed by atoms with Crippen molar-refractivity contribution in [3.63, 3.8) is 0 Å². The zero-order chi connectivity index (χ0) is 13.3. The van der Waals surface area contributed by atoms with E-state index < -0.39 is 4.92 Å². The van der Waals surface area contributed by atoms with E-state index in [1.54, 1.807) is 19.1 Å². The van der Waals surface area contributed by atoms with Crippen LogP contribution in [-0.2, 0) is 0 Å². The van der Waals surface area contributed by atoms with Crippen LogP contribution in [0.3, 0.4) is 0 Å². The number of nitro benzene ring substituents is 1. The minimum absolute atomic E-state index is 0.00921. The molecule has 8 heteroatoms. The van der Waals surface area contributed by atoms with E-state index in [4.69, 9.17) is 11.5 Å². The van der Waals surface area contributed by atoms with Crippen LogP contribution in [0.4, 0.5) is 17.6 Å². The van der Waals surface area contributed by atoms with E-state index >= 15 is 0 Å². The first-order chi connectivity index (χ1) is 8.47. The Morgan fingerprint density at radius 3 is 2.33 bits per heavy atom. The minimum Gasteiger partial charge on any atom is -0.368 e. The van der Waals surface area contributed by atoms with Crippen molar-refractivity contribution >= 4 is 17.6 Å². The Balaban J connectivity index is 2.57. The lowest BCUT2D eigenvalue weighted by Crippen LogP contribution is -2.04. The number of nitro groups is 1. The van der Waals surface area contributed by atoms with Gasteiger partial charge in [-0.25, -0.2) is 0 Å². The molecule has 2 rings (SSSR count). The average Bonchev–Trinajstić information content (AvgIpc) is 2.27. The summed E-state index contributed by atoms with van der Waals surface area (Å²) in [5, 5.41) is 10.8. The van der Waals surface area contributed by atoms with E-state index in [9.17, 15) is 10.1 Å². The van der Waals surface area contributed by atoms with Gasteiger partial charge >= 0.3 is 0 Å². The molecule has 0 aliphatic heterocycles. The van der Waals surface area contributed by atoms with Crippen LogP contribution in [0.25, 0.3) is 11.4 Å². The Hall–Kier alpha value is -2.77. The lowest BCUT2D eigenvalue weighted by molar-refractivity contribution is -0.385. The Morgan fingerprint density at radius 2 is 1.78 bits per heavy atom. The summed E-state index contributed by atoms with van der Waals surface area (Å²) in [5.74, 6) is 0.157. The van der Waals surface area contributed by atoms with Crippen LogP contribution in [0.1, 0.15) is 5.56 Å². The molecule has 0 atom stereocenters. The second-order valence-electron chi connectivity index (χ2n) is 3.63. The molecule has 0 amide bonds. The van der Waals surface area contributed by atoms with Crippen molar-refractivity contribution < 1.29 is 4.92 Å². The molecule has 0 spiro atoms. The molecule has 18 heavy (non-hydrogen) atoms. The highest BCUT2D eigenvalue weighted by Gasteiger charge is 2.14. The maximum absolute atomic E-state index is 10.8. The van der Waals surface area contributed by atoms with E-state index in [0.717, 1.165) is 0 Å². The van der Waals surface area contributed by atoms with Crippen molar-refractivity contribution in [3.05, 3.63) is 33.9 Å². The van der Waals surface area contributed by atoms with Gasteiger partial charge in [-0.1, -0.05) is 12.1 Å². The smallest absolute Gasteiger partial charge is 0.273 e. The number of aryl methyl sites for hydroxylation is 1. The maximum Gasteiger partial charge on any atom is 0.273 e. The van der Waals surface area contributed by atoms with Gasteiger partial charge in [0.1, 0.15) is 0 Å². The fourth-order valence-electron chi connectivity index (χ4n) is 1.48. The van der Waals surface area contributed by atoms with Crippen LogP contribution in [0.5, 0.6) is 0 Å². The van der Waals surface area contributed by atoms with E-state index in [1.165, 1.54) is 6.07 Å². The number of nitrogens with two attached hydrogens (primary N) is 2. The number of hydrogen-bond acceptors (Lipinski definition) is 7. The van der Waals surface area contributed by atoms with Crippen molar-refractivity contribution in [1.29, 1.82) is 0 Å².